The molecule has 6 nitrogen and oxygen atoms in total. The second kappa shape index (κ2) is 9.05. The molecule has 2 fully saturated rings. The van der Waals surface area contributed by atoms with Crippen molar-refractivity contribution in [1.82, 2.24) is 19.8 Å². The Hall–Kier alpha value is -3.48. The van der Waals surface area contributed by atoms with Gasteiger partial charge in [0.05, 0.1) is 5.54 Å². The molecule has 2 aliphatic heterocycles. The minimum Gasteiger partial charge on any atom is -0.348 e. The first kappa shape index (κ1) is 22.3. The molecular weight excluding hydrogens is 431 g/mol. The number of halogens is 1. The first-order chi connectivity index (χ1) is 16.4. The molecule has 2 atom stereocenters. The maximum absolute atomic E-state index is 14.1. The Morgan fingerprint density at radius 2 is 2.06 bits per heavy atom. The van der Waals surface area contributed by atoms with Gasteiger partial charge in [-0.15, -0.1) is 0 Å². The summed E-state index contributed by atoms with van der Waals surface area (Å²) in [6.45, 7) is 3.34. The summed E-state index contributed by atoms with van der Waals surface area (Å²) in [7, 11) is 0. The highest BCUT2D eigenvalue weighted by Gasteiger charge is 2.50. The number of nitrogens with zero attached hydrogens (tertiary/aromatic N) is 3. The van der Waals surface area contributed by atoms with Crippen LogP contribution in [0.4, 0.5) is 4.39 Å². The van der Waals surface area contributed by atoms with E-state index in [0.29, 0.717) is 31.6 Å². The summed E-state index contributed by atoms with van der Waals surface area (Å²) in [5, 5.41) is 3.25. The average Bonchev–Trinajstić information content (AvgIpc) is 3.34. The van der Waals surface area contributed by atoms with Crippen molar-refractivity contribution in [2.75, 3.05) is 13.1 Å². The van der Waals surface area contributed by atoms with Crippen LogP contribution in [-0.2, 0) is 11.3 Å². The van der Waals surface area contributed by atoms with Crippen LogP contribution in [0.1, 0.15) is 58.9 Å². The quantitative estimate of drug-likeness (QED) is 0.639. The molecule has 2 amide bonds. The molecule has 5 rings (SSSR count). The van der Waals surface area contributed by atoms with E-state index in [0.717, 1.165) is 36.2 Å². The predicted molar refractivity (Wildman–Crippen MR) is 127 cm³/mol. The number of likely N-dealkylation sites (tertiary alicyclic amines) is 1. The van der Waals surface area contributed by atoms with Crippen LogP contribution in [0.5, 0.6) is 0 Å². The molecular formula is C27H29FN4O2. The Morgan fingerprint density at radius 3 is 2.85 bits per heavy atom. The zero-order chi connectivity index (χ0) is 23.7. The van der Waals surface area contributed by atoms with Crippen LogP contribution in [0, 0.1) is 12.7 Å². The summed E-state index contributed by atoms with van der Waals surface area (Å²) < 4.78 is 16.2. The van der Waals surface area contributed by atoms with E-state index in [1.807, 2.05) is 52.9 Å². The molecule has 0 radical (unpaired) electrons. The van der Waals surface area contributed by atoms with Crippen molar-refractivity contribution in [2.45, 2.75) is 50.6 Å². The van der Waals surface area contributed by atoms with Crippen molar-refractivity contribution in [2.24, 2.45) is 0 Å². The van der Waals surface area contributed by atoms with E-state index in [4.69, 9.17) is 0 Å². The minimum absolute atomic E-state index is 0.00388. The van der Waals surface area contributed by atoms with Crippen LogP contribution in [0.15, 0.2) is 60.9 Å². The lowest BCUT2D eigenvalue weighted by Gasteiger charge is -2.34. The van der Waals surface area contributed by atoms with Gasteiger partial charge in [0.2, 0.25) is 5.91 Å². The minimum atomic E-state index is -0.590. The number of amides is 2. The summed E-state index contributed by atoms with van der Waals surface area (Å²) in [5.41, 5.74) is 1.79. The van der Waals surface area contributed by atoms with E-state index < -0.39 is 5.54 Å². The molecule has 176 valence electrons. The molecule has 1 aromatic heterocycles. The van der Waals surface area contributed by atoms with E-state index >= 15 is 0 Å². The highest BCUT2D eigenvalue weighted by molar-refractivity contribution is 5.96. The lowest BCUT2D eigenvalue weighted by atomic mass is 9.79. The van der Waals surface area contributed by atoms with Gasteiger partial charge >= 0.3 is 0 Å². The summed E-state index contributed by atoms with van der Waals surface area (Å²) in [5.74, 6) is 0.347. The molecule has 34 heavy (non-hydrogen) atoms. The van der Waals surface area contributed by atoms with E-state index in [1.54, 1.807) is 12.3 Å². The van der Waals surface area contributed by atoms with Crippen molar-refractivity contribution in [1.29, 1.82) is 0 Å². The van der Waals surface area contributed by atoms with Gasteiger partial charge < -0.3 is 14.8 Å². The Kier molecular flexibility index (Phi) is 5.94. The number of aryl methyl sites for hydroxylation is 1. The second-order valence-electron chi connectivity index (χ2n) is 9.46. The Morgan fingerprint density at radius 1 is 1.21 bits per heavy atom. The van der Waals surface area contributed by atoms with Gasteiger partial charge in [-0.05, 0) is 49.1 Å². The van der Waals surface area contributed by atoms with Crippen LogP contribution in [0.2, 0.25) is 0 Å². The van der Waals surface area contributed by atoms with Crippen LogP contribution in [-0.4, -0.2) is 44.9 Å². The molecule has 0 saturated carbocycles. The van der Waals surface area contributed by atoms with E-state index in [2.05, 4.69) is 10.3 Å². The van der Waals surface area contributed by atoms with E-state index in [9.17, 15) is 14.0 Å². The largest absolute Gasteiger partial charge is 0.348 e. The molecule has 2 aromatic carbocycles. The van der Waals surface area contributed by atoms with Gasteiger partial charge in [-0.3, -0.25) is 9.59 Å². The maximum Gasteiger partial charge on any atom is 0.254 e. The number of carbonyl (C=O) groups excluding carboxylic acids is 2. The van der Waals surface area contributed by atoms with Crippen LogP contribution < -0.4 is 5.32 Å². The van der Waals surface area contributed by atoms with Crippen LogP contribution in [0.25, 0.3) is 0 Å². The topological polar surface area (TPSA) is 67.2 Å². The number of hydrogen-bond acceptors (Lipinski definition) is 3. The number of benzene rings is 2. The highest BCUT2D eigenvalue weighted by Crippen LogP contribution is 2.41. The maximum atomic E-state index is 14.1. The molecule has 0 bridgehead atoms. The fourth-order valence-corrected chi connectivity index (χ4v) is 5.51. The van der Waals surface area contributed by atoms with Crippen LogP contribution in [0.3, 0.4) is 0 Å². The molecule has 1 spiro atoms. The fourth-order valence-electron chi connectivity index (χ4n) is 5.51. The average molecular weight is 461 g/mol. The number of rotatable bonds is 4. The lowest BCUT2D eigenvalue weighted by molar-refractivity contribution is -0.122. The van der Waals surface area contributed by atoms with Crippen molar-refractivity contribution in [3.63, 3.8) is 0 Å². The number of carbonyl (C=O) groups is 2. The zero-order valence-electron chi connectivity index (χ0n) is 19.3. The molecule has 2 aliphatic rings. The third kappa shape index (κ3) is 4.22. The predicted octanol–water partition coefficient (Wildman–Crippen LogP) is 4.05. The second-order valence-corrected chi connectivity index (χ2v) is 9.46. The number of aromatic nitrogens is 2. The molecule has 0 aliphatic carbocycles. The van der Waals surface area contributed by atoms with Crippen molar-refractivity contribution < 1.29 is 14.0 Å². The van der Waals surface area contributed by atoms with Gasteiger partial charge in [-0.25, -0.2) is 9.37 Å². The van der Waals surface area contributed by atoms with Crippen molar-refractivity contribution in [3.8, 4) is 0 Å². The van der Waals surface area contributed by atoms with E-state index in [-0.39, 0.29) is 23.5 Å². The molecule has 3 aromatic rings. The van der Waals surface area contributed by atoms with Crippen LogP contribution >= 0.6 is 0 Å². The smallest absolute Gasteiger partial charge is 0.254 e. The molecule has 0 unspecified atom stereocenters. The first-order valence-electron chi connectivity index (χ1n) is 11.9. The van der Waals surface area contributed by atoms with Gasteiger partial charge in [-0.2, -0.15) is 0 Å². The van der Waals surface area contributed by atoms with Crippen molar-refractivity contribution >= 4 is 11.8 Å². The molecule has 3 heterocycles. The first-order valence-corrected chi connectivity index (χ1v) is 11.9. The zero-order valence-corrected chi connectivity index (χ0v) is 19.3. The van der Waals surface area contributed by atoms with E-state index in [1.165, 1.54) is 12.1 Å². The monoisotopic (exact) mass is 460 g/mol. The van der Waals surface area contributed by atoms with Gasteiger partial charge in [0, 0.05) is 49.9 Å². The summed E-state index contributed by atoms with van der Waals surface area (Å²) >= 11 is 0. The third-order valence-electron chi connectivity index (χ3n) is 7.26. The van der Waals surface area contributed by atoms with Gasteiger partial charge in [0.1, 0.15) is 11.6 Å². The number of hydrogen-bond donors (Lipinski definition) is 1. The Bertz CT molecular complexity index is 1220. The summed E-state index contributed by atoms with van der Waals surface area (Å²) in [4.78, 5) is 32.6. The van der Waals surface area contributed by atoms with Crippen molar-refractivity contribution in [3.05, 3.63) is 89.3 Å². The van der Waals surface area contributed by atoms with Gasteiger partial charge in [0.15, 0.2) is 0 Å². The Labute approximate surface area is 198 Å². The summed E-state index contributed by atoms with van der Waals surface area (Å²) in [6.07, 6.45) is 6.62. The molecule has 1 N–H and O–H groups in total. The molecule has 2 saturated heterocycles. The number of imidazole rings is 1. The standard InChI is InChI=1S/C27H29FN4O2/c1-19-29-13-14-31(19)16-21-7-2-3-10-23(21)26(34)32-17-24(20-8-6-9-22(28)15-20)27(18-32)12-5-4-11-25(33)30-27/h2-3,6-10,13-15,24H,4-5,11-12,16-18H2,1H3,(H,30,33)/t24-,27+/m0/s1. The third-order valence-corrected chi connectivity index (χ3v) is 7.26. The SMILES string of the molecule is Cc1nccn1Cc1ccccc1C(=O)N1C[C@@H](c2cccc(F)c2)[C@@]2(CCCCC(=O)N2)C1. The Balaban J connectivity index is 1.48. The summed E-state index contributed by atoms with van der Waals surface area (Å²) in [6, 6.07) is 14.2. The highest BCUT2D eigenvalue weighted by atomic mass is 19.1. The normalized spacial score (nSPS) is 22.6. The number of nitrogens with one attached hydrogen (secondary N) is 1. The molecule has 7 heteroatoms. The van der Waals surface area contributed by atoms with Gasteiger partial charge in [-0.1, -0.05) is 36.8 Å². The lowest BCUT2D eigenvalue weighted by Crippen LogP contribution is -2.52. The fraction of sp³-hybridized carbons (Fsp3) is 0.370. The van der Waals surface area contributed by atoms with Gasteiger partial charge in [0.25, 0.3) is 5.91 Å².